The molecule has 0 bridgehead atoms. The molecule has 1 aliphatic rings. The van der Waals surface area contributed by atoms with Crippen LogP contribution in [-0.4, -0.2) is 36.8 Å². The highest BCUT2D eigenvalue weighted by Crippen LogP contribution is 2.33. The predicted octanol–water partition coefficient (Wildman–Crippen LogP) is 5.38. The second kappa shape index (κ2) is 9.85. The predicted molar refractivity (Wildman–Crippen MR) is 134 cm³/mol. The van der Waals surface area contributed by atoms with Crippen molar-refractivity contribution in [3.8, 4) is 11.1 Å². The molecule has 1 unspecified atom stereocenters. The van der Waals surface area contributed by atoms with Gasteiger partial charge in [0.05, 0.1) is 31.0 Å². The summed E-state index contributed by atoms with van der Waals surface area (Å²) in [6.07, 6.45) is 10.4. The van der Waals surface area contributed by atoms with E-state index in [0.29, 0.717) is 24.4 Å². The number of hydrogen-bond donors (Lipinski definition) is 3. The summed E-state index contributed by atoms with van der Waals surface area (Å²) >= 11 is 0. The number of fused-ring (bicyclic) bond motifs is 1. The standard InChI is InChI=1S/C26H32N6O2/c1-3-22(17(2)33)29-26-30-24(23-25(31-26)32(16-28-23)21-6-4-5-7-21)27-14-18-8-10-19(11-9-18)20-12-13-34-15-20/h8-13,15-17,21-22,33H,3-7,14H2,1-2H3,(H2,27,29,30,31)/t17-,22?/m1/s1. The van der Waals surface area contributed by atoms with Crippen LogP contribution in [0.25, 0.3) is 22.3 Å². The molecule has 3 N–H and O–H groups in total. The summed E-state index contributed by atoms with van der Waals surface area (Å²) in [5, 5.41) is 16.9. The number of aliphatic hydroxyl groups excluding tert-OH is 1. The van der Waals surface area contributed by atoms with E-state index in [4.69, 9.17) is 14.4 Å². The van der Waals surface area contributed by atoms with E-state index in [1.54, 1.807) is 19.5 Å². The first-order valence-corrected chi connectivity index (χ1v) is 12.2. The summed E-state index contributed by atoms with van der Waals surface area (Å²) in [4.78, 5) is 14.3. The number of nitrogens with zero attached hydrogens (tertiary/aromatic N) is 4. The maximum absolute atomic E-state index is 10.1. The molecule has 1 aliphatic carbocycles. The topological polar surface area (TPSA) is 101 Å². The molecule has 0 aliphatic heterocycles. The molecule has 2 atom stereocenters. The lowest BCUT2D eigenvalue weighted by molar-refractivity contribution is 0.169. The molecule has 0 amide bonds. The largest absolute Gasteiger partial charge is 0.472 e. The van der Waals surface area contributed by atoms with Gasteiger partial charge >= 0.3 is 0 Å². The molecular formula is C26H32N6O2. The zero-order valence-corrected chi connectivity index (χ0v) is 19.7. The van der Waals surface area contributed by atoms with E-state index in [2.05, 4.69) is 44.5 Å². The summed E-state index contributed by atoms with van der Waals surface area (Å²) in [6.45, 7) is 4.44. The highest BCUT2D eigenvalue weighted by Gasteiger charge is 2.23. The van der Waals surface area contributed by atoms with Crippen molar-refractivity contribution in [1.82, 2.24) is 19.5 Å². The minimum absolute atomic E-state index is 0.122. The quantitative estimate of drug-likeness (QED) is 0.308. The minimum Gasteiger partial charge on any atom is -0.472 e. The number of rotatable bonds is 9. The number of nitrogens with one attached hydrogen (secondary N) is 2. The Morgan fingerprint density at radius 3 is 2.59 bits per heavy atom. The molecule has 34 heavy (non-hydrogen) atoms. The van der Waals surface area contributed by atoms with Gasteiger partial charge in [-0.3, -0.25) is 0 Å². The van der Waals surface area contributed by atoms with Crippen LogP contribution in [-0.2, 0) is 6.54 Å². The molecule has 8 heteroatoms. The molecule has 0 saturated heterocycles. The van der Waals surface area contributed by atoms with E-state index in [1.807, 2.05) is 19.3 Å². The third kappa shape index (κ3) is 4.63. The fraction of sp³-hybridized carbons (Fsp3) is 0.423. The van der Waals surface area contributed by atoms with Crippen LogP contribution in [0, 0.1) is 0 Å². The molecule has 3 aromatic heterocycles. The van der Waals surface area contributed by atoms with Crippen molar-refractivity contribution < 1.29 is 9.52 Å². The molecule has 1 saturated carbocycles. The number of benzene rings is 1. The zero-order chi connectivity index (χ0) is 23.5. The van der Waals surface area contributed by atoms with E-state index in [-0.39, 0.29) is 6.04 Å². The van der Waals surface area contributed by atoms with Crippen molar-refractivity contribution in [3.63, 3.8) is 0 Å². The number of furan rings is 1. The monoisotopic (exact) mass is 460 g/mol. The third-order valence-electron chi connectivity index (χ3n) is 6.74. The molecule has 8 nitrogen and oxygen atoms in total. The molecule has 1 fully saturated rings. The van der Waals surface area contributed by atoms with Gasteiger partial charge in [0, 0.05) is 18.2 Å². The summed E-state index contributed by atoms with van der Waals surface area (Å²) < 4.78 is 7.39. The van der Waals surface area contributed by atoms with Crippen LogP contribution in [0.1, 0.15) is 57.6 Å². The van der Waals surface area contributed by atoms with E-state index in [0.717, 1.165) is 47.1 Å². The molecular weight excluding hydrogens is 428 g/mol. The molecule has 3 heterocycles. The second-order valence-electron chi connectivity index (χ2n) is 9.12. The third-order valence-corrected chi connectivity index (χ3v) is 6.74. The first-order chi connectivity index (χ1) is 16.6. The highest BCUT2D eigenvalue weighted by atomic mass is 16.3. The van der Waals surface area contributed by atoms with Crippen LogP contribution >= 0.6 is 0 Å². The van der Waals surface area contributed by atoms with E-state index in [9.17, 15) is 5.11 Å². The van der Waals surface area contributed by atoms with Crippen molar-refractivity contribution in [2.75, 3.05) is 10.6 Å². The smallest absolute Gasteiger partial charge is 0.227 e. The van der Waals surface area contributed by atoms with Gasteiger partial charge in [-0.2, -0.15) is 9.97 Å². The number of imidazole rings is 1. The number of aliphatic hydroxyl groups is 1. The van der Waals surface area contributed by atoms with Crippen molar-refractivity contribution in [1.29, 1.82) is 0 Å². The van der Waals surface area contributed by atoms with Crippen molar-refractivity contribution >= 4 is 22.9 Å². The van der Waals surface area contributed by atoms with Gasteiger partial charge in [-0.1, -0.05) is 44.0 Å². The molecule has 0 radical (unpaired) electrons. The van der Waals surface area contributed by atoms with Gasteiger partial charge in [0.1, 0.15) is 0 Å². The number of anilines is 2. The Morgan fingerprint density at radius 2 is 1.91 bits per heavy atom. The van der Waals surface area contributed by atoms with Crippen LogP contribution in [0.15, 0.2) is 53.6 Å². The van der Waals surface area contributed by atoms with Gasteiger partial charge < -0.3 is 24.7 Å². The summed E-state index contributed by atoms with van der Waals surface area (Å²) in [6, 6.07) is 10.6. The van der Waals surface area contributed by atoms with Crippen LogP contribution in [0.5, 0.6) is 0 Å². The van der Waals surface area contributed by atoms with Crippen LogP contribution in [0.4, 0.5) is 11.8 Å². The Kier molecular flexibility index (Phi) is 6.49. The van der Waals surface area contributed by atoms with Crippen LogP contribution < -0.4 is 10.6 Å². The lowest BCUT2D eigenvalue weighted by Crippen LogP contribution is -2.31. The fourth-order valence-corrected chi connectivity index (χ4v) is 4.71. The Labute approximate surface area is 199 Å². The average Bonchev–Trinajstić information content (AvgIpc) is 3.62. The van der Waals surface area contributed by atoms with Gasteiger partial charge in [0.25, 0.3) is 0 Å². The zero-order valence-electron chi connectivity index (χ0n) is 19.7. The Hall–Kier alpha value is -3.39. The van der Waals surface area contributed by atoms with Gasteiger partial charge in [-0.05, 0) is 43.4 Å². The Balaban J connectivity index is 1.42. The Bertz CT molecular complexity index is 1210. The summed E-state index contributed by atoms with van der Waals surface area (Å²) in [5.41, 5.74) is 4.93. The van der Waals surface area contributed by atoms with Crippen molar-refractivity contribution in [3.05, 3.63) is 54.7 Å². The van der Waals surface area contributed by atoms with Gasteiger partial charge in [-0.25, -0.2) is 4.98 Å². The second-order valence-corrected chi connectivity index (χ2v) is 9.12. The minimum atomic E-state index is -0.505. The molecule has 5 rings (SSSR count). The van der Waals surface area contributed by atoms with Crippen LogP contribution in [0.2, 0.25) is 0 Å². The maximum atomic E-state index is 10.1. The van der Waals surface area contributed by atoms with Crippen molar-refractivity contribution in [2.24, 2.45) is 0 Å². The van der Waals surface area contributed by atoms with E-state index < -0.39 is 6.10 Å². The lowest BCUT2D eigenvalue weighted by Gasteiger charge is -2.20. The number of hydrogen-bond acceptors (Lipinski definition) is 7. The van der Waals surface area contributed by atoms with E-state index >= 15 is 0 Å². The molecule has 178 valence electrons. The fourth-order valence-electron chi connectivity index (χ4n) is 4.71. The average molecular weight is 461 g/mol. The van der Waals surface area contributed by atoms with Crippen LogP contribution in [0.3, 0.4) is 0 Å². The molecule has 4 aromatic rings. The van der Waals surface area contributed by atoms with E-state index in [1.165, 1.54) is 12.8 Å². The highest BCUT2D eigenvalue weighted by molar-refractivity contribution is 5.84. The first-order valence-electron chi connectivity index (χ1n) is 12.2. The summed E-state index contributed by atoms with van der Waals surface area (Å²) in [7, 11) is 0. The van der Waals surface area contributed by atoms with Gasteiger partial charge in [0.15, 0.2) is 17.0 Å². The first kappa shape index (κ1) is 22.4. The Morgan fingerprint density at radius 1 is 1.12 bits per heavy atom. The van der Waals surface area contributed by atoms with Crippen molar-refractivity contribution in [2.45, 2.75) is 70.7 Å². The summed E-state index contributed by atoms with van der Waals surface area (Å²) in [5.74, 6) is 1.21. The molecule has 0 spiro atoms. The lowest BCUT2D eigenvalue weighted by atomic mass is 10.1. The van der Waals surface area contributed by atoms with Gasteiger partial charge in [0.2, 0.25) is 5.95 Å². The SMILES string of the molecule is CCC(Nc1nc(NCc2ccc(-c3ccoc3)cc2)c2ncn(C3CCCC3)c2n1)[C@@H](C)O. The maximum Gasteiger partial charge on any atom is 0.227 e. The number of aromatic nitrogens is 4. The van der Waals surface area contributed by atoms with Gasteiger partial charge in [-0.15, -0.1) is 0 Å². The normalized spacial score (nSPS) is 16.1. The molecule has 1 aromatic carbocycles.